The van der Waals surface area contributed by atoms with Crippen LogP contribution < -0.4 is 14.8 Å². The first kappa shape index (κ1) is 20.1. The summed E-state index contributed by atoms with van der Waals surface area (Å²) in [5.74, 6) is 0.718. The van der Waals surface area contributed by atoms with Gasteiger partial charge in [-0.05, 0) is 62.9 Å². The topological polar surface area (TPSA) is 87.7 Å². The Morgan fingerprint density at radius 2 is 1.93 bits per heavy atom. The molecule has 0 aromatic heterocycles. The zero-order chi connectivity index (χ0) is 19.4. The molecule has 1 saturated carbocycles. The molecule has 0 bridgehead atoms. The fourth-order valence-electron chi connectivity index (χ4n) is 3.38. The third-order valence-electron chi connectivity index (χ3n) is 5.18. The summed E-state index contributed by atoms with van der Waals surface area (Å²) >= 11 is 0. The smallest absolute Gasteiger partial charge is 0.253 e. The number of rotatable bonds is 8. The van der Waals surface area contributed by atoms with E-state index < -0.39 is 10.0 Å². The van der Waals surface area contributed by atoms with Gasteiger partial charge in [-0.2, -0.15) is 0 Å². The van der Waals surface area contributed by atoms with E-state index in [2.05, 4.69) is 17.0 Å². The van der Waals surface area contributed by atoms with E-state index in [0.717, 1.165) is 38.8 Å². The minimum Gasteiger partial charge on any atom is -0.495 e. The standard InChI is InChI=1S/C19H29N3O4S/c1-3-20-13-14-8-10-22(11-9-14)19(23)15-4-7-17(26-2)18(12-15)27(24,25)21-16-5-6-16/h4,7,12,14,16,20-21H,3,5-6,8-11,13H2,1-2H3. The summed E-state index contributed by atoms with van der Waals surface area (Å²) in [6, 6.07) is 4.64. The molecule has 1 aliphatic heterocycles. The lowest BCUT2D eigenvalue weighted by atomic mass is 9.96. The molecule has 150 valence electrons. The number of methoxy groups -OCH3 is 1. The first-order chi connectivity index (χ1) is 12.9. The number of nitrogens with zero attached hydrogens (tertiary/aromatic N) is 1. The maximum absolute atomic E-state index is 12.9. The summed E-state index contributed by atoms with van der Waals surface area (Å²) in [5.41, 5.74) is 0.386. The molecule has 1 amide bonds. The molecule has 1 heterocycles. The Bertz CT molecular complexity index is 769. The Morgan fingerprint density at radius 3 is 2.52 bits per heavy atom. The zero-order valence-electron chi connectivity index (χ0n) is 16.0. The molecule has 1 aromatic rings. The van der Waals surface area contributed by atoms with Crippen molar-refractivity contribution in [3.8, 4) is 5.75 Å². The number of carbonyl (C=O) groups is 1. The van der Waals surface area contributed by atoms with Gasteiger partial charge in [0.05, 0.1) is 7.11 Å². The summed E-state index contributed by atoms with van der Waals surface area (Å²) in [4.78, 5) is 14.7. The predicted molar refractivity (Wildman–Crippen MR) is 104 cm³/mol. The SMILES string of the molecule is CCNCC1CCN(C(=O)c2ccc(OC)c(S(=O)(=O)NC3CC3)c2)CC1. The minimum absolute atomic E-state index is 0.00479. The second kappa shape index (κ2) is 8.58. The van der Waals surface area contributed by atoms with Gasteiger partial charge in [-0.1, -0.05) is 6.92 Å². The molecule has 3 rings (SSSR count). The number of hydrogen-bond donors (Lipinski definition) is 2. The lowest BCUT2D eigenvalue weighted by Crippen LogP contribution is -2.40. The van der Waals surface area contributed by atoms with Gasteiger partial charge in [-0.25, -0.2) is 13.1 Å². The molecular weight excluding hydrogens is 366 g/mol. The number of amides is 1. The van der Waals surface area contributed by atoms with Crippen LogP contribution in [0.1, 0.15) is 43.0 Å². The maximum Gasteiger partial charge on any atom is 0.253 e. The van der Waals surface area contributed by atoms with E-state index in [1.807, 2.05) is 4.90 Å². The van der Waals surface area contributed by atoms with Crippen LogP contribution in [0.25, 0.3) is 0 Å². The molecule has 1 aromatic carbocycles. The minimum atomic E-state index is -3.70. The van der Waals surface area contributed by atoms with Crippen molar-refractivity contribution in [2.75, 3.05) is 33.3 Å². The number of likely N-dealkylation sites (tertiary alicyclic amines) is 1. The van der Waals surface area contributed by atoms with Crippen molar-refractivity contribution in [3.05, 3.63) is 23.8 Å². The zero-order valence-corrected chi connectivity index (χ0v) is 16.8. The second-order valence-electron chi connectivity index (χ2n) is 7.30. The molecule has 0 spiro atoms. The van der Waals surface area contributed by atoms with Crippen molar-refractivity contribution in [2.24, 2.45) is 5.92 Å². The van der Waals surface area contributed by atoms with Gasteiger partial charge in [-0.15, -0.1) is 0 Å². The predicted octanol–water partition coefficient (Wildman–Crippen LogP) is 1.60. The molecule has 27 heavy (non-hydrogen) atoms. The average molecular weight is 396 g/mol. The van der Waals surface area contributed by atoms with E-state index in [0.29, 0.717) is 24.6 Å². The van der Waals surface area contributed by atoms with Crippen LogP contribution >= 0.6 is 0 Å². The van der Waals surface area contributed by atoms with Crippen molar-refractivity contribution in [1.29, 1.82) is 0 Å². The number of carbonyl (C=O) groups excluding carboxylic acids is 1. The normalized spacial score (nSPS) is 18.5. The van der Waals surface area contributed by atoms with Gasteiger partial charge in [0, 0.05) is 24.7 Å². The molecule has 2 aliphatic rings. The highest BCUT2D eigenvalue weighted by atomic mass is 32.2. The second-order valence-corrected chi connectivity index (χ2v) is 8.99. The van der Waals surface area contributed by atoms with Crippen LogP contribution in [-0.2, 0) is 10.0 Å². The number of hydrogen-bond acceptors (Lipinski definition) is 5. The number of piperidine rings is 1. The van der Waals surface area contributed by atoms with Crippen molar-refractivity contribution >= 4 is 15.9 Å². The van der Waals surface area contributed by atoms with Gasteiger partial charge in [0.25, 0.3) is 5.91 Å². The number of nitrogens with one attached hydrogen (secondary N) is 2. The summed E-state index contributed by atoms with van der Waals surface area (Å²) in [5, 5.41) is 3.36. The Hall–Kier alpha value is -1.64. The summed E-state index contributed by atoms with van der Waals surface area (Å²) in [6.45, 7) is 5.42. The van der Waals surface area contributed by atoms with Crippen LogP contribution in [0.15, 0.2) is 23.1 Å². The van der Waals surface area contributed by atoms with Gasteiger partial charge < -0.3 is 15.0 Å². The van der Waals surface area contributed by atoms with E-state index in [1.165, 1.54) is 13.2 Å². The van der Waals surface area contributed by atoms with Gasteiger partial charge >= 0.3 is 0 Å². The van der Waals surface area contributed by atoms with Crippen LogP contribution in [0.4, 0.5) is 0 Å². The van der Waals surface area contributed by atoms with Crippen LogP contribution in [0.2, 0.25) is 0 Å². The fourth-order valence-corrected chi connectivity index (χ4v) is 4.87. The molecule has 2 fully saturated rings. The Morgan fingerprint density at radius 1 is 1.22 bits per heavy atom. The van der Waals surface area contributed by atoms with Crippen molar-refractivity contribution in [3.63, 3.8) is 0 Å². The van der Waals surface area contributed by atoms with Gasteiger partial charge in [0.15, 0.2) is 0 Å². The summed E-state index contributed by atoms with van der Waals surface area (Å²) in [6.07, 6.45) is 3.62. The number of ether oxygens (including phenoxy) is 1. The van der Waals surface area contributed by atoms with E-state index in [4.69, 9.17) is 4.74 Å². The monoisotopic (exact) mass is 395 g/mol. The lowest BCUT2D eigenvalue weighted by Gasteiger charge is -2.32. The van der Waals surface area contributed by atoms with Gasteiger partial charge in [0.1, 0.15) is 10.6 Å². The highest BCUT2D eigenvalue weighted by Crippen LogP contribution is 2.29. The van der Waals surface area contributed by atoms with Crippen molar-refractivity contribution in [1.82, 2.24) is 14.9 Å². The van der Waals surface area contributed by atoms with Crippen molar-refractivity contribution < 1.29 is 17.9 Å². The van der Waals surface area contributed by atoms with Gasteiger partial charge in [0.2, 0.25) is 10.0 Å². The molecule has 0 atom stereocenters. The maximum atomic E-state index is 12.9. The molecular formula is C19H29N3O4S. The number of benzene rings is 1. The van der Waals surface area contributed by atoms with Crippen LogP contribution in [-0.4, -0.2) is 58.6 Å². The van der Waals surface area contributed by atoms with Crippen LogP contribution in [0.3, 0.4) is 0 Å². The Kier molecular flexibility index (Phi) is 6.39. The first-order valence-corrected chi connectivity index (χ1v) is 11.1. The quantitative estimate of drug-likeness (QED) is 0.698. The molecule has 0 radical (unpaired) electrons. The van der Waals surface area contributed by atoms with Crippen LogP contribution in [0.5, 0.6) is 5.75 Å². The number of sulfonamides is 1. The van der Waals surface area contributed by atoms with E-state index in [-0.39, 0.29) is 22.6 Å². The third kappa shape index (κ3) is 5.00. The molecule has 0 unspecified atom stereocenters. The molecule has 2 N–H and O–H groups in total. The van der Waals surface area contributed by atoms with E-state index >= 15 is 0 Å². The highest BCUT2D eigenvalue weighted by molar-refractivity contribution is 7.89. The lowest BCUT2D eigenvalue weighted by molar-refractivity contribution is 0.0690. The van der Waals surface area contributed by atoms with Crippen molar-refractivity contribution in [2.45, 2.75) is 43.5 Å². The highest BCUT2D eigenvalue weighted by Gasteiger charge is 2.31. The Labute approximate surface area is 161 Å². The van der Waals surface area contributed by atoms with E-state index in [1.54, 1.807) is 12.1 Å². The average Bonchev–Trinajstić information content (AvgIpc) is 3.49. The van der Waals surface area contributed by atoms with E-state index in [9.17, 15) is 13.2 Å². The fraction of sp³-hybridized carbons (Fsp3) is 0.632. The molecule has 7 nitrogen and oxygen atoms in total. The molecule has 1 saturated heterocycles. The summed E-state index contributed by atoms with van der Waals surface area (Å²) < 4.78 is 33.1. The Balaban J connectivity index is 1.73. The largest absolute Gasteiger partial charge is 0.495 e. The third-order valence-corrected chi connectivity index (χ3v) is 6.73. The molecule has 1 aliphatic carbocycles. The first-order valence-electron chi connectivity index (χ1n) is 9.65. The summed E-state index contributed by atoms with van der Waals surface area (Å²) in [7, 11) is -2.27. The molecule has 8 heteroatoms. The van der Waals surface area contributed by atoms with Crippen LogP contribution in [0, 0.1) is 5.92 Å². The van der Waals surface area contributed by atoms with Gasteiger partial charge in [-0.3, -0.25) is 4.79 Å².